The monoisotopic (exact) mass is 356 g/mol. The Morgan fingerprint density at radius 3 is 2.48 bits per heavy atom. The van der Waals surface area contributed by atoms with E-state index in [2.05, 4.69) is 0 Å². The molecule has 2 aliphatic heterocycles. The number of nitrogens with zero attached hydrogens (tertiary/aromatic N) is 2. The van der Waals surface area contributed by atoms with E-state index in [-0.39, 0.29) is 22.9 Å². The van der Waals surface area contributed by atoms with Crippen LogP contribution in [-0.4, -0.2) is 23.6 Å². The molecular weight excluding hydrogens is 339 g/mol. The van der Waals surface area contributed by atoms with Crippen molar-refractivity contribution in [2.45, 2.75) is 24.0 Å². The van der Waals surface area contributed by atoms with Crippen molar-refractivity contribution in [1.29, 1.82) is 0 Å². The highest BCUT2D eigenvalue weighted by Crippen LogP contribution is 2.57. The normalized spacial score (nSPS) is 25.2. The van der Waals surface area contributed by atoms with Gasteiger partial charge in [-0.1, -0.05) is 18.2 Å². The van der Waals surface area contributed by atoms with Crippen LogP contribution in [0, 0.1) is 5.82 Å². The van der Waals surface area contributed by atoms with E-state index in [0.29, 0.717) is 12.2 Å². The lowest BCUT2D eigenvalue weighted by atomic mass is 10.0. The molecule has 2 atom stereocenters. The minimum Gasteiger partial charge on any atom is -0.309 e. The second-order valence-electron chi connectivity index (χ2n) is 6.12. The molecule has 2 unspecified atom stereocenters. The maximum Gasteiger partial charge on any atom is 0.268 e. The van der Waals surface area contributed by atoms with Crippen molar-refractivity contribution in [3.05, 3.63) is 59.9 Å². The Labute approximate surface area is 149 Å². The lowest BCUT2D eigenvalue weighted by Gasteiger charge is -2.33. The van der Waals surface area contributed by atoms with Crippen LogP contribution in [0.15, 0.2) is 48.5 Å². The van der Waals surface area contributed by atoms with Gasteiger partial charge in [0.15, 0.2) is 0 Å². The molecule has 1 saturated heterocycles. The van der Waals surface area contributed by atoms with Gasteiger partial charge in [0.25, 0.3) is 5.91 Å². The molecule has 0 N–H and O–H groups in total. The average Bonchev–Trinajstić information content (AvgIpc) is 3.01. The van der Waals surface area contributed by atoms with E-state index in [1.165, 1.54) is 23.9 Å². The van der Waals surface area contributed by atoms with Crippen LogP contribution in [0.25, 0.3) is 0 Å². The van der Waals surface area contributed by atoms with E-state index in [1.54, 1.807) is 21.9 Å². The molecule has 1 spiro atoms. The van der Waals surface area contributed by atoms with E-state index in [0.717, 1.165) is 11.3 Å². The smallest absolute Gasteiger partial charge is 0.268 e. The molecule has 2 aliphatic rings. The Kier molecular flexibility index (Phi) is 3.61. The third-order valence-electron chi connectivity index (χ3n) is 4.73. The Balaban J connectivity index is 1.96. The van der Waals surface area contributed by atoms with Crippen LogP contribution in [0.1, 0.15) is 19.4 Å². The number of hydrogen-bond acceptors (Lipinski definition) is 3. The first kappa shape index (κ1) is 16.1. The highest BCUT2D eigenvalue weighted by molar-refractivity contribution is 8.03. The Bertz CT molecular complexity index is 870. The third kappa shape index (κ3) is 2.07. The molecule has 1 fully saturated rings. The van der Waals surface area contributed by atoms with Gasteiger partial charge in [0.2, 0.25) is 10.8 Å². The van der Waals surface area contributed by atoms with Crippen LogP contribution >= 0.6 is 11.8 Å². The number of benzene rings is 2. The minimum atomic E-state index is -1.12. The molecule has 2 aromatic carbocycles. The number of amides is 2. The Morgan fingerprint density at radius 1 is 1.12 bits per heavy atom. The van der Waals surface area contributed by atoms with Crippen molar-refractivity contribution < 1.29 is 14.0 Å². The van der Waals surface area contributed by atoms with E-state index < -0.39 is 4.87 Å². The van der Waals surface area contributed by atoms with Crippen molar-refractivity contribution in [3.63, 3.8) is 0 Å². The fourth-order valence-electron chi connectivity index (χ4n) is 3.64. The van der Waals surface area contributed by atoms with Crippen molar-refractivity contribution in [2.24, 2.45) is 0 Å². The molecule has 128 valence electrons. The molecule has 6 heteroatoms. The summed E-state index contributed by atoms with van der Waals surface area (Å²) < 4.78 is 13.4. The van der Waals surface area contributed by atoms with Gasteiger partial charge in [-0.25, -0.2) is 4.39 Å². The number of fused-ring (bicyclic) bond motifs is 2. The summed E-state index contributed by atoms with van der Waals surface area (Å²) in [5.41, 5.74) is 2.18. The molecule has 0 aromatic heterocycles. The van der Waals surface area contributed by atoms with E-state index >= 15 is 0 Å². The SMILES string of the molecule is CCN1C(=O)C2(SC(C)C(=O)N2c2ccc(F)cc2)c2ccccc21. The summed E-state index contributed by atoms with van der Waals surface area (Å²) in [5, 5.41) is -0.362. The van der Waals surface area contributed by atoms with Crippen LogP contribution in [0.5, 0.6) is 0 Å². The van der Waals surface area contributed by atoms with Crippen molar-refractivity contribution in [3.8, 4) is 0 Å². The topological polar surface area (TPSA) is 40.6 Å². The van der Waals surface area contributed by atoms with Gasteiger partial charge in [-0.15, -0.1) is 11.8 Å². The van der Waals surface area contributed by atoms with Gasteiger partial charge in [0, 0.05) is 17.8 Å². The number of anilines is 2. The average molecular weight is 356 g/mol. The maximum absolute atomic E-state index is 13.4. The fourth-order valence-corrected chi connectivity index (χ4v) is 5.17. The molecule has 2 heterocycles. The summed E-state index contributed by atoms with van der Waals surface area (Å²) in [5.74, 6) is -0.639. The largest absolute Gasteiger partial charge is 0.309 e. The van der Waals surface area contributed by atoms with Crippen molar-refractivity contribution >= 4 is 35.0 Å². The van der Waals surface area contributed by atoms with E-state index in [4.69, 9.17) is 0 Å². The summed E-state index contributed by atoms with van der Waals surface area (Å²) in [4.78, 5) is 28.5. The summed E-state index contributed by atoms with van der Waals surface area (Å²) in [6, 6.07) is 13.3. The fraction of sp³-hybridized carbons (Fsp3) is 0.263. The van der Waals surface area contributed by atoms with Crippen LogP contribution in [0.4, 0.5) is 15.8 Å². The molecule has 0 radical (unpaired) electrons. The summed E-state index contributed by atoms with van der Waals surface area (Å²) in [6.45, 7) is 4.25. The number of carbonyl (C=O) groups excluding carboxylic acids is 2. The first-order valence-electron chi connectivity index (χ1n) is 8.19. The van der Waals surface area contributed by atoms with Crippen LogP contribution in [-0.2, 0) is 14.5 Å². The second kappa shape index (κ2) is 5.59. The molecule has 0 saturated carbocycles. The van der Waals surface area contributed by atoms with E-state index in [1.807, 2.05) is 38.1 Å². The van der Waals surface area contributed by atoms with Crippen LogP contribution < -0.4 is 9.80 Å². The second-order valence-corrected chi connectivity index (χ2v) is 7.65. The third-order valence-corrected chi connectivity index (χ3v) is 6.20. The molecule has 2 aromatic rings. The molecule has 25 heavy (non-hydrogen) atoms. The zero-order valence-electron chi connectivity index (χ0n) is 13.9. The highest BCUT2D eigenvalue weighted by atomic mass is 32.2. The number of likely N-dealkylation sites (N-methyl/N-ethyl adjacent to an activating group) is 1. The number of rotatable bonds is 2. The molecule has 4 nitrogen and oxygen atoms in total. The zero-order valence-corrected chi connectivity index (χ0v) is 14.7. The predicted molar refractivity (Wildman–Crippen MR) is 97.1 cm³/mol. The zero-order chi connectivity index (χ0) is 17.8. The van der Waals surface area contributed by atoms with Gasteiger partial charge in [0.1, 0.15) is 5.82 Å². The quantitative estimate of drug-likeness (QED) is 0.827. The molecule has 4 rings (SSSR count). The number of hydrogen-bond donors (Lipinski definition) is 0. The van der Waals surface area contributed by atoms with Gasteiger partial charge in [0.05, 0.1) is 10.9 Å². The standard InChI is InChI=1S/C19H17FN2O2S/c1-3-21-16-7-5-4-6-15(16)19(18(21)24)22(17(23)12(2)25-19)14-10-8-13(20)9-11-14/h4-12H,3H2,1-2H3. The number of thioether (sulfide) groups is 1. The van der Waals surface area contributed by atoms with E-state index in [9.17, 15) is 14.0 Å². The summed E-state index contributed by atoms with van der Waals surface area (Å²) in [6.07, 6.45) is 0. The highest BCUT2D eigenvalue weighted by Gasteiger charge is 2.62. The predicted octanol–water partition coefficient (Wildman–Crippen LogP) is 3.51. The van der Waals surface area contributed by atoms with Gasteiger partial charge in [-0.3, -0.25) is 14.5 Å². The van der Waals surface area contributed by atoms with Gasteiger partial charge in [-0.2, -0.15) is 0 Å². The Hall–Kier alpha value is -2.34. The minimum absolute atomic E-state index is 0.122. The van der Waals surface area contributed by atoms with Gasteiger partial charge < -0.3 is 4.90 Å². The first-order chi connectivity index (χ1) is 12.0. The lowest BCUT2D eigenvalue weighted by Crippen LogP contribution is -2.49. The van der Waals surface area contributed by atoms with Crippen LogP contribution in [0.3, 0.4) is 0 Å². The Morgan fingerprint density at radius 2 is 1.80 bits per heavy atom. The van der Waals surface area contributed by atoms with Gasteiger partial charge in [-0.05, 0) is 44.2 Å². The number of halogens is 1. The number of carbonyl (C=O) groups is 2. The molecule has 0 bridgehead atoms. The van der Waals surface area contributed by atoms with Gasteiger partial charge >= 0.3 is 0 Å². The lowest BCUT2D eigenvalue weighted by molar-refractivity contribution is -0.124. The van der Waals surface area contributed by atoms with Crippen LogP contribution in [0.2, 0.25) is 0 Å². The maximum atomic E-state index is 13.4. The summed E-state index contributed by atoms with van der Waals surface area (Å²) in [7, 11) is 0. The molecule has 0 aliphatic carbocycles. The molecular formula is C19H17FN2O2S. The number of para-hydroxylation sites is 1. The van der Waals surface area contributed by atoms with Crippen molar-refractivity contribution in [2.75, 3.05) is 16.3 Å². The first-order valence-corrected chi connectivity index (χ1v) is 9.07. The summed E-state index contributed by atoms with van der Waals surface area (Å²) >= 11 is 1.35. The molecule has 2 amide bonds. The van der Waals surface area contributed by atoms with Crippen molar-refractivity contribution in [1.82, 2.24) is 0 Å².